The quantitative estimate of drug-likeness (QED) is 0.829. The van der Waals surface area contributed by atoms with Gasteiger partial charge in [0.1, 0.15) is 16.2 Å². The number of nitrogens with zero attached hydrogens (tertiary/aromatic N) is 1. The average molecular weight is 304 g/mol. The van der Waals surface area contributed by atoms with E-state index in [1.807, 2.05) is 6.92 Å². The number of hydrogen-bond donors (Lipinski definition) is 2. The first kappa shape index (κ1) is 13.6. The number of sulfonamides is 1. The zero-order valence-corrected chi connectivity index (χ0v) is 12.1. The first-order chi connectivity index (χ1) is 8.49. The smallest absolute Gasteiger partial charge is 0.250 e. The van der Waals surface area contributed by atoms with E-state index in [2.05, 4.69) is 22.5 Å². The van der Waals surface area contributed by atoms with Gasteiger partial charge in [-0.15, -0.1) is 11.3 Å². The van der Waals surface area contributed by atoms with Crippen LogP contribution in [0, 0.1) is 0 Å². The van der Waals surface area contributed by atoms with Crippen molar-refractivity contribution in [2.24, 2.45) is 0 Å². The number of thiophene rings is 1. The van der Waals surface area contributed by atoms with E-state index in [0.717, 1.165) is 16.2 Å². The molecule has 1 unspecified atom stereocenters. The first-order valence-corrected chi connectivity index (χ1v) is 7.99. The maximum atomic E-state index is 11.9. The van der Waals surface area contributed by atoms with Gasteiger partial charge in [0.25, 0.3) is 0 Å². The van der Waals surface area contributed by atoms with Crippen molar-refractivity contribution in [2.75, 3.05) is 6.54 Å². The molecule has 2 heterocycles. The van der Waals surface area contributed by atoms with E-state index in [1.54, 1.807) is 18.2 Å². The van der Waals surface area contributed by atoms with E-state index in [9.17, 15) is 8.42 Å². The summed E-state index contributed by atoms with van der Waals surface area (Å²) in [5.74, 6) is 0. The number of aromatic nitrogens is 1. The Hall–Kier alpha value is -0.830. The van der Waals surface area contributed by atoms with Crippen LogP contribution in [-0.4, -0.2) is 25.4 Å². The van der Waals surface area contributed by atoms with Crippen LogP contribution in [0.4, 0.5) is 0 Å². The van der Waals surface area contributed by atoms with E-state index in [0.29, 0.717) is 12.2 Å². The molecule has 2 aromatic heterocycles. The fourth-order valence-electron chi connectivity index (χ4n) is 1.24. The number of thiol groups is 1. The third-order valence-corrected chi connectivity index (χ3v) is 5.31. The molecule has 0 aliphatic rings. The lowest BCUT2D eigenvalue weighted by molar-refractivity contribution is 0.422. The van der Waals surface area contributed by atoms with Gasteiger partial charge in [0.05, 0.1) is 4.88 Å². The summed E-state index contributed by atoms with van der Waals surface area (Å²) in [4.78, 5) is 0.753. The number of nitrogens with one attached hydrogen (secondary N) is 1. The van der Waals surface area contributed by atoms with Gasteiger partial charge in [-0.3, -0.25) is 0 Å². The van der Waals surface area contributed by atoms with Gasteiger partial charge in [-0.25, -0.2) is 13.1 Å². The molecule has 2 rings (SSSR count). The molecule has 98 valence electrons. The summed E-state index contributed by atoms with van der Waals surface area (Å²) < 4.78 is 31.4. The Balaban J connectivity index is 2.19. The van der Waals surface area contributed by atoms with Crippen molar-refractivity contribution in [3.63, 3.8) is 0 Å². The molecule has 0 spiro atoms. The summed E-state index contributed by atoms with van der Waals surface area (Å²) in [7, 11) is -3.46. The van der Waals surface area contributed by atoms with Gasteiger partial charge in [0.2, 0.25) is 10.0 Å². The molecule has 0 saturated carbocycles. The van der Waals surface area contributed by atoms with Crippen LogP contribution in [0.3, 0.4) is 0 Å². The van der Waals surface area contributed by atoms with Crippen LogP contribution >= 0.6 is 24.0 Å². The van der Waals surface area contributed by atoms with Crippen molar-refractivity contribution in [3.05, 3.63) is 24.5 Å². The van der Waals surface area contributed by atoms with Gasteiger partial charge < -0.3 is 4.52 Å². The highest BCUT2D eigenvalue weighted by molar-refractivity contribution is 7.91. The number of hydrogen-bond acceptors (Lipinski definition) is 6. The van der Waals surface area contributed by atoms with Crippen molar-refractivity contribution in [3.8, 4) is 10.6 Å². The Morgan fingerprint density at radius 2 is 2.28 bits per heavy atom. The lowest BCUT2D eigenvalue weighted by Gasteiger charge is -2.06. The minimum atomic E-state index is -3.46. The van der Waals surface area contributed by atoms with Gasteiger partial charge in [0.15, 0.2) is 0 Å². The summed E-state index contributed by atoms with van der Waals surface area (Å²) in [6.07, 6.45) is 1.45. The Morgan fingerprint density at radius 3 is 2.89 bits per heavy atom. The Labute approximate surface area is 115 Å². The molecule has 0 bridgehead atoms. The topological polar surface area (TPSA) is 72.2 Å². The molecule has 18 heavy (non-hydrogen) atoms. The second kappa shape index (κ2) is 5.43. The van der Waals surface area contributed by atoms with Crippen molar-refractivity contribution >= 4 is 34.0 Å². The molecule has 0 radical (unpaired) electrons. The van der Waals surface area contributed by atoms with E-state index >= 15 is 0 Å². The van der Waals surface area contributed by atoms with Crippen LogP contribution in [-0.2, 0) is 10.0 Å². The van der Waals surface area contributed by atoms with Crippen LogP contribution in [0.15, 0.2) is 33.2 Å². The average Bonchev–Trinajstić information content (AvgIpc) is 2.96. The van der Waals surface area contributed by atoms with E-state index in [-0.39, 0.29) is 9.46 Å². The molecule has 2 aromatic rings. The molecular weight excluding hydrogens is 292 g/mol. The Morgan fingerprint density at radius 1 is 1.50 bits per heavy atom. The van der Waals surface area contributed by atoms with Crippen LogP contribution in [0.1, 0.15) is 6.92 Å². The van der Waals surface area contributed by atoms with E-state index in [4.69, 9.17) is 4.52 Å². The molecule has 8 heteroatoms. The molecule has 0 aromatic carbocycles. The van der Waals surface area contributed by atoms with Crippen molar-refractivity contribution in [1.82, 2.24) is 9.88 Å². The molecule has 0 saturated heterocycles. The zero-order valence-electron chi connectivity index (χ0n) is 9.53. The monoisotopic (exact) mass is 304 g/mol. The molecule has 0 amide bonds. The third-order valence-electron chi connectivity index (χ3n) is 2.11. The SMILES string of the molecule is CC(S)CNS(=O)(=O)c1ccc(-c2ccon2)s1. The van der Waals surface area contributed by atoms with Crippen molar-refractivity contribution in [2.45, 2.75) is 16.4 Å². The fraction of sp³-hybridized carbons (Fsp3) is 0.300. The lowest BCUT2D eigenvalue weighted by atomic mass is 10.3. The van der Waals surface area contributed by atoms with Gasteiger partial charge >= 0.3 is 0 Å². The predicted octanol–water partition coefficient (Wildman–Crippen LogP) is 2.00. The van der Waals surface area contributed by atoms with Crippen LogP contribution in [0.25, 0.3) is 10.6 Å². The summed E-state index contributed by atoms with van der Waals surface area (Å²) in [5, 5.41) is 3.73. The second-order valence-corrected chi connectivity index (χ2v) is 7.66. The Bertz CT molecular complexity index is 602. The normalized spacial score (nSPS) is 13.7. The highest BCUT2D eigenvalue weighted by atomic mass is 32.2. The van der Waals surface area contributed by atoms with E-state index < -0.39 is 10.0 Å². The van der Waals surface area contributed by atoms with Crippen LogP contribution in [0.2, 0.25) is 0 Å². The standard InChI is InChI=1S/C10H12N2O3S3/c1-7(16)6-11-18(13,14)10-3-2-9(17-10)8-4-5-15-12-8/h2-5,7,11,16H,6H2,1H3. The highest BCUT2D eigenvalue weighted by Crippen LogP contribution is 2.29. The molecule has 0 aliphatic heterocycles. The van der Waals surface area contributed by atoms with Crippen LogP contribution < -0.4 is 4.72 Å². The van der Waals surface area contributed by atoms with Crippen molar-refractivity contribution < 1.29 is 12.9 Å². The summed E-state index contributed by atoms with van der Waals surface area (Å²) >= 11 is 5.28. The summed E-state index contributed by atoms with van der Waals surface area (Å²) in [5.41, 5.74) is 0.629. The third kappa shape index (κ3) is 3.14. The van der Waals surface area contributed by atoms with Gasteiger partial charge in [-0.2, -0.15) is 12.6 Å². The van der Waals surface area contributed by atoms with Gasteiger partial charge in [-0.1, -0.05) is 12.1 Å². The summed E-state index contributed by atoms with van der Waals surface area (Å²) in [6, 6.07) is 4.95. The maximum absolute atomic E-state index is 11.9. The molecule has 0 fully saturated rings. The molecule has 0 aliphatic carbocycles. The summed E-state index contributed by atoms with van der Waals surface area (Å²) in [6.45, 7) is 2.11. The molecule has 1 N–H and O–H groups in total. The molecule has 5 nitrogen and oxygen atoms in total. The van der Waals surface area contributed by atoms with Crippen molar-refractivity contribution in [1.29, 1.82) is 0 Å². The Kier molecular flexibility index (Phi) is 4.10. The first-order valence-electron chi connectivity index (χ1n) is 5.17. The minimum Gasteiger partial charge on any atom is -0.364 e. The van der Waals surface area contributed by atoms with Crippen LogP contribution in [0.5, 0.6) is 0 Å². The number of rotatable bonds is 5. The highest BCUT2D eigenvalue weighted by Gasteiger charge is 2.18. The minimum absolute atomic E-state index is 0.0326. The maximum Gasteiger partial charge on any atom is 0.250 e. The molecular formula is C10H12N2O3S3. The predicted molar refractivity (Wildman–Crippen MR) is 73.5 cm³/mol. The lowest BCUT2D eigenvalue weighted by Crippen LogP contribution is -2.28. The fourth-order valence-corrected chi connectivity index (χ4v) is 3.90. The zero-order chi connectivity index (χ0) is 13.2. The molecule has 1 atom stereocenters. The largest absolute Gasteiger partial charge is 0.364 e. The van der Waals surface area contributed by atoms with E-state index in [1.165, 1.54) is 6.26 Å². The van der Waals surface area contributed by atoms with Gasteiger partial charge in [0, 0.05) is 17.9 Å². The van der Waals surface area contributed by atoms with Gasteiger partial charge in [-0.05, 0) is 12.1 Å². The second-order valence-electron chi connectivity index (χ2n) is 3.70.